The van der Waals surface area contributed by atoms with E-state index in [9.17, 15) is 4.79 Å². The zero-order valence-corrected chi connectivity index (χ0v) is 15.9. The first-order valence-corrected chi connectivity index (χ1v) is 9.52. The Morgan fingerprint density at radius 1 is 1.23 bits per heavy atom. The summed E-state index contributed by atoms with van der Waals surface area (Å²) in [5.74, 6) is 0.611. The Kier molecular flexibility index (Phi) is 6.26. The lowest BCUT2D eigenvalue weighted by atomic mass is 10.1. The molecule has 26 heavy (non-hydrogen) atoms. The molecule has 0 radical (unpaired) electrons. The third kappa shape index (κ3) is 5.31. The highest BCUT2D eigenvalue weighted by Crippen LogP contribution is 2.16. The summed E-state index contributed by atoms with van der Waals surface area (Å²) in [5.41, 5.74) is 2.61. The Bertz CT molecular complexity index is 878. The number of hydrogen-bond acceptors (Lipinski definition) is 4. The lowest BCUT2D eigenvalue weighted by Gasteiger charge is -2.08. The number of aromatic nitrogens is 1. The molecule has 4 nitrogen and oxygen atoms in total. The average molecular weight is 387 g/mol. The number of carbonyl (C=O) groups is 1. The largest absolute Gasteiger partial charge is 0.487 e. The van der Waals surface area contributed by atoms with Crippen LogP contribution in [-0.4, -0.2) is 17.4 Å². The van der Waals surface area contributed by atoms with Crippen molar-refractivity contribution in [2.75, 3.05) is 6.54 Å². The van der Waals surface area contributed by atoms with E-state index in [4.69, 9.17) is 16.3 Å². The van der Waals surface area contributed by atoms with Gasteiger partial charge in [0.25, 0.3) is 5.91 Å². The van der Waals surface area contributed by atoms with E-state index in [1.807, 2.05) is 36.6 Å². The van der Waals surface area contributed by atoms with Gasteiger partial charge in [-0.25, -0.2) is 4.98 Å². The Morgan fingerprint density at radius 2 is 2.04 bits per heavy atom. The maximum absolute atomic E-state index is 12.2. The number of ether oxygens (including phenoxy) is 1. The maximum Gasteiger partial charge on any atom is 0.251 e. The lowest BCUT2D eigenvalue weighted by Crippen LogP contribution is -2.25. The van der Waals surface area contributed by atoms with Crippen molar-refractivity contribution in [2.24, 2.45) is 0 Å². The van der Waals surface area contributed by atoms with Gasteiger partial charge in [0.1, 0.15) is 12.4 Å². The fourth-order valence-corrected chi connectivity index (χ4v) is 3.26. The van der Waals surface area contributed by atoms with E-state index in [0.717, 1.165) is 22.7 Å². The van der Waals surface area contributed by atoms with Gasteiger partial charge in [0.15, 0.2) is 0 Å². The monoisotopic (exact) mass is 386 g/mol. The molecular formula is C20H19ClN2O2S. The van der Waals surface area contributed by atoms with Gasteiger partial charge in [-0.2, -0.15) is 0 Å². The highest BCUT2D eigenvalue weighted by molar-refractivity contribution is 7.09. The molecule has 6 heteroatoms. The Labute approximate surface area is 161 Å². The molecule has 0 spiro atoms. The third-order valence-corrected chi connectivity index (χ3v) is 4.82. The van der Waals surface area contributed by atoms with E-state index >= 15 is 0 Å². The van der Waals surface area contributed by atoms with Crippen LogP contribution in [0.25, 0.3) is 0 Å². The van der Waals surface area contributed by atoms with Crippen molar-refractivity contribution in [3.8, 4) is 5.75 Å². The molecule has 1 aromatic heterocycles. The molecule has 1 N–H and O–H groups in total. The molecule has 0 aliphatic rings. The average Bonchev–Trinajstić information content (AvgIpc) is 3.06. The molecule has 0 saturated heterocycles. The van der Waals surface area contributed by atoms with Gasteiger partial charge >= 0.3 is 0 Å². The number of aryl methyl sites for hydroxylation is 1. The van der Waals surface area contributed by atoms with Crippen molar-refractivity contribution in [1.29, 1.82) is 0 Å². The predicted octanol–water partition coefficient (Wildman–Crippen LogP) is 4.66. The number of amides is 1. The SMILES string of the molecule is Cc1nc(COc2ccc(C(=O)NCCc3cccc(Cl)c3)cc2)cs1. The molecule has 0 saturated carbocycles. The molecule has 0 aliphatic carbocycles. The van der Waals surface area contributed by atoms with Gasteiger partial charge in [0.2, 0.25) is 0 Å². The molecule has 134 valence electrons. The topological polar surface area (TPSA) is 51.2 Å². The van der Waals surface area contributed by atoms with Crippen molar-refractivity contribution in [2.45, 2.75) is 20.0 Å². The van der Waals surface area contributed by atoms with Gasteiger partial charge in [-0.15, -0.1) is 11.3 Å². The number of nitrogens with one attached hydrogen (secondary N) is 1. The lowest BCUT2D eigenvalue weighted by molar-refractivity contribution is 0.0954. The molecule has 2 aromatic carbocycles. The minimum absolute atomic E-state index is 0.103. The fraction of sp³-hybridized carbons (Fsp3) is 0.200. The van der Waals surface area contributed by atoms with E-state index in [1.54, 1.807) is 35.6 Å². The first kappa shape index (κ1) is 18.4. The van der Waals surface area contributed by atoms with E-state index < -0.39 is 0 Å². The highest BCUT2D eigenvalue weighted by atomic mass is 35.5. The number of halogens is 1. The summed E-state index contributed by atoms with van der Waals surface area (Å²) in [5, 5.41) is 6.63. The number of nitrogens with zero attached hydrogens (tertiary/aromatic N) is 1. The molecule has 0 atom stereocenters. The highest BCUT2D eigenvalue weighted by Gasteiger charge is 2.06. The van der Waals surface area contributed by atoms with Gasteiger partial charge in [-0.1, -0.05) is 23.7 Å². The van der Waals surface area contributed by atoms with Crippen LogP contribution in [0.2, 0.25) is 5.02 Å². The van der Waals surface area contributed by atoms with E-state index in [0.29, 0.717) is 29.5 Å². The van der Waals surface area contributed by atoms with Crippen LogP contribution in [0.4, 0.5) is 0 Å². The summed E-state index contributed by atoms with van der Waals surface area (Å²) in [7, 11) is 0. The normalized spacial score (nSPS) is 10.5. The summed E-state index contributed by atoms with van der Waals surface area (Å²) in [6.07, 6.45) is 0.737. The smallest absolute Gasteiger partial charge is 0.251 e. The van der Waals surface area contributed by atoms with Crippen LogP contribution in [-0.2, 0) is 13.0 Å². The Morgan fingerprint density at radius 3 is 2.73 bits per heavy atom. The van der Waals surface area contributed by atoms with Crippen molar-refractivity contribution in [3.63, 3.8) is 0 Å². The molecule has 0 bridgehead atoms. The molecule has 0 aliphatic heterocycles. The summed E-state index contributed by atoms with van der Waals surface area (Å²) in [4.78, 5) is 16.6. The van der Waals surface area contributed by atoms with Gasteiger partial charge in [0.05, 0.1) is 10.7 Å². The van der Waals surface area contributed by atoms with Crippen molar-refractivity contribution < 1.29 is 9.53 Å². The number of thiazole rings is 1. The molecular weight excluding hydrogens is 368 g/mol. The first-order valence-electron chi connectivity index (χ1n) is 8.27. The molecule has 0 fully saturated rings. The van der Waals surface area contributed by atoms with Crippen LogP contribution >= 0.6 is 22.9 Å². The third-order valence-electron chi connectivity index (χ3n) is 3.76. The first-order chi connectivity index (χ1) is 12.6. The van der Waals surface area contributed by atoms with Crippen LogP contribution in [0.15, 0.2) is 53.9 Å². The van der Waals surface area contributed by atoms with E-state index in [1.165, 1.54) is 0 Å². The van der Waals surface area contributed by atoms with Crippen molar-refractivity contribution >= 4 is 28.8 Å². The zero-order valence-electron chi connectivity index (χ0n) is 14.4. The summed E-state index contributed by atoms with van der Waals surface area (Å²) in [6, 6.07) is 14.8. The minimum Gasteiger partial charge on any atom is -0.487 e. The van der Waals surface area contributed by atoms with Crippen LogP contribution in [0.5, 0.6) is 5.75 Å². The van der Waals surface area contributed by atoms with Crippen LogP contribution in [0, 0.1) is 6.92 Å². The van der Waals surface area contributed by atoms with Crippen LogP contribution in [0.3, 0.4) is 0 Å². The fourth-order valence-electron chi connectivity index (χ4n) is 2.45. The standard InChI is InChI=1S/C20H19ClN2O2S/c1-14-23-18(13-26-14)12-25-19-7-5-16(6-8-19)20(24)22-10-9-15-3-2-4-17(21)11-15/h2-8,11,13H,9-10,12H2,1H3,(H,22,24). The summed E-state index contributed by atoms with van der Waals surface area (Å²) in [6.45, 7) is 2.95. The second kappa shape index (κ2) is 8.83. The van der Waals surface area contributed by atoms with Gasteiger partial charge < -0.3 is 10.1 Å². The van der Waals surface area contributed by atoms with Gasteiger partial charge in [0, 0.05) is 22.5 Å². The molecule has 1 amide bonds. The quantitative estimate of drug-likeness (QED) is 0.642. The summed E-state index contributed by atoms with van der Waals surface area (Å²) < 4.78 is 5.69. The summed E-state index contributed by atoms with van der Waals surface area (Å²) >= 11 is 7.56. The number of rotatable bonds is 7. The predicted molar refractivity (Wildman–Crippen MR) is 105 cm³/mol. The maximum atomic E-state index is 12.2. The number of hydrogen-bond donors (Lipinski definition) is 1. The van der Waals surface area contributed by atoms with Gasteiger partial charge in [-0.3, -0.25) is 4.79 Å². The second-order valence-corrected chi connectivity index (χ2v) is 7.31. The Balaban J connectivity index is 1.47. The molecule has 3 aromatic rings. The Hall–Kier alpha value is -2.37. The number of benzene rings is 2. The molecule has 1 heterocycles. The van der Waals surface area contributed by atoms with Crippen LogP contribution < -0.4 is 10.1 Å². The van der Waals surface area contributed by atoms with E-state index in [2.05, 4.69) is 10.3 Å². The minimum atomic E-state index is -0.103. The number of carbonyl (C=O) groups excluding carboxylic acids is 1. The second-order valence-electron chi connectivity index (χ2n) is 5.81. The van der Waals surface area contributed by atoms with Gasteiger partial charge in [-0.05, 0) is 55.3 Å². The van der Waals surface area contributed by atoms with E-state index in [-0.39, 0.29) is 5.91 Å². The molecule has 0 unspecified atom stereocenters. The van der Waals surface area contributed by atoms with Crippen LogP contribution in [0.1, 0.15) is 26.6 Å². The molecule has 3 rings (SSSR count). The van der Waals surface area contributed by atoms with Crippen molar-refractivity contribution in [1.82, 2.24) is 10.3 Å². The van der Waals surface area contributed by atoms with Crippen molar-refractivity contribution in [3.05, 3.63) is 80.8 Å². The zero-order chi connectivity index (χ0) is 18.4.